The molecule has 0 radical (unpaired) electrons. The van der Waals surface area contributed by atoms with Crippen molar-refractivity contribution >= 4 is 40.3 Å². The third-order valence-electron chi connectivity index (χ3n) is 3.96. The topological polar surface area (TPSA) is 114 Å². The fourth-order valence-corrected chi connectivity index (χ4v) is 3.38. The van der Waals surface area contributed by atoms with Gasteiger partial charge in [-0.25, -0.2) is 0 Å². The molecule has 2 aromatic carbocycles. The van der Waals surface area contributed by atoms with Crippen molar-refractivity contribution < 1.29 is 19.2 Å². The van der Waals surface area contributed by atoms with E-state index in [1.165, 1.54) is 18.2 Å². The molecule has 0 aliphatic rings. The zero-order chi connectivity index (χ0) is 23.0. The van der Waals surface area contributed by atoms with Crippen LogP contribution in [0.3, 0.4) is 0 Å². The van der Waals surface area contributed by atoms with Crippen molar-refractivity contribution in [2.45, 2.75) is 33.4 Å². The van der Waals surface area contributed by atoms with Crippen LogP contribution in [0.15, 0.2) is 42.0 Å². The maximum atomic E-state index is 12.2. The van der Waals surface area contributed by atoms with E-state index in [4.69, 9.17) is 9.47 Å². The number of hydrogen-bond acceptors (Lipinski definition) is 6. The van der Waals surface area contributed by atoms with Crippen LogP contribution in [0.25, 0.3) is 6.08 Å². The Balaban J connectivity index is 2.29. The van der Waals surface area contributed by atoms with Gasteiger partial charge < -0.3 is 14.8 Å². The second-order valence-corrected chi connectivity index (χ2v) is 7.94. The van der Waals surface area contributed by atoms with Crippen molar-refractivity contribution in [1.82, 2.24) is 5.32 Å². The van der Waals surface area contributed by atoms with E-state index in [-0.39, 0.29) is 23.9 Å². The first-order valence-corrected chi connectivity index (χ1v) is 10.6. The van der Waals surface area contributed by atoms with Crippen LogP contribution in [0.4, 0.5) is 5.69 Å². The molecule has 0 aromatic heterocycles. The van der Waals surface area contributed by atoms with Crippen molar-refractivity contribution in [1.29, 1.82) is 5.26 Å². The van der Waals surface area contributed by atoms with E-state index in [9.17, 15) is 20.2 Å². The average Bonchev–Trinajstić information content (AvgIpc) is 2.71. The molecule has 0 aliphatic heterocycles. The van der Waals surface area contributed by atoms with Crippen molar-refractivity contribution in [3.8, 4) is 17.6 Å². The van der Waals surface area contributed by atoms with E-state index in [1.54, 1.807) is 24.3 Å². The molecule has 0 spiro atoms. The smallest absolute Gasteiger partial charge is 0.269 e. The normalized spacial score (nSPS) is 11.0. The van der Waals surface area contributed by atoms with Crippen LogP contribution in [0.2, 0.25) is 0 Å². The molecule has 0 unspecified atom stereocenters. The van der Waals surface area contributed by atoms with Crippen molar-refractivity contribution in [2.75, 3.05) is 6.61 Å². The highest BCUT2D eigenvalue weighted by Crippen LogP contribution is 2.35. The van der Waals surface area contributed by atoms with E-state index in [0.29, 0.717) is 23.7 Å². The Kier molecular flexibility index (Phi) is 8.81. The summed E-state index contributed by atoms with van der Waals surface area (Å²) in [7, 11) is 0. The number of non-ortho nitro benzene ring substituents is 1. The standard InChI is InChI=1S/C22H22IN3O5/c1-4-30-20-11-16(9-17(12-24)22(27)25-14(2)3)10-19(23)21(20)31-13-15-5-7-18(8-6-15)26(28)29/h5-11,14H,4,13H2,1-3H3,(H,25,27)/b17-9-. The number of rotatable bonds is 9. The highest BCUT2D eigenvalue weighted by Gasteiger charge is 2.15. The van der Waals surface area contributed by atoms with E-state index in [1.807, 2.05) is 26.8 Å². The van der Waals surface area contributed by atoms with Gasteiger partial charge in [-0.1, -0.05) is 0 Å². The molecule has 9 heteroatoms. The summed E-state index contributed by atoms with van der Waals surface area (Å²) in [5.41, 5.74) is 1.40. The SMILES string of the molecule is CCOc1cc(/C=C(/C#N)C(=O)NC(C)C)cc(I)c1OCc1ccc([N+](=O)[O-])cc1. The van der Waals surface area contributed by atoms with E-state index < -0.39 is 10.8 Å². The summed E-state index contributed by atoms with van der Waals surface area (Å²) >= 11 is 2.10. The number of nitro benzene ring substituents is 1. The van der Waals surface area contributed by atoms with Gasteiger partial charge in [-0.15, -0.1) is 0 Å². The lowest BCUT2D eigenvalue weighted by atomic mass is 10.1. The number of benzene rings is 2. The number of nitriles is 1. The monoisotopic (exact) mass is 535 g/mol. The van der Waals surface area contributed by atoms with Crippen LogP contribution >= 0.6 is 22.6 Å². The van der Waals surface area contributed by atoms with Gasteiger partial charge in [0.05, 0.1) is 15.1 Å². The molecule has 162 valence electrons. The van der Waals surface area contributed by atoms with Crippen LogP contribution < -0.4 is 14.8 Å². The zero-order valence-electron chi connectivity index (χ0n) is 17.3. The molecule has 31 heavy (non-hydrogen) atoms. The molecule has 1 N–H and O–H groups in total. The van der Waals surface area contributed by atoms with Crippen molar-refractivity contribution in [3.63, 3.8) is 0 Å². The molecule has 8 nitrogen and oxygen atoms in total. The van der Waals surface area contributed by atoms with Gasteiger partial charge in [0, 0.05) is 18.2 Å². The molecular weight excluding hydrogens is 513 g/mol. The van der Waals surface area contributed by atoms with E-state index >= 15 is 0 Å². The molecule has 0 fully saturated rings. The number of nitrogens with one attached hydrogen (secondary N) is 1. The molecule has 0 bridgehead atoms. The second kappa shape index (κ2) is 11.3. The van der Waals surface area contributed by atoms with Gasteiger partial charge in [0.15, 0.2) is 11.5 Å². The molecule has 2 aromatic rings. The van der Waals surface area contributed by atoms with E-state index in [2.05, 4.69) is 27.9 Å². The minimum absolute atomic E-state index is 0.00787. The minimum atomic E-state index is -0.454. The largest absolute Gasteiger partial charge is 0.490 e. The first-order valence-electron chi connectivity index (χ1n) is 9.50. The molecule has 1 amide bonds. The summed E-state index contributed by atoms with van der Waals surface area (Å²) < 4.78 is 12.4. The predicted octanol–water partition coefficient (Wildman–Crippen LogP) is 4.61. The summed E-state index contributed by atoms with van der Waals surface area (Å²) in [5.74, 6) is 0.552. The Morgan fingerprint density at radius 1 is 1.29 bits per heavy atom. The van der Waals surface area contributed by atoms with Gasteiger partial charge in [0.1, 0.15) is 18.2 Å². The molecule has 0 saturated heterocycles. The molecule has 0 heterocycles. The number of nitrogens with zero attached hydrogens (tertiary/aromatic N) is 2. The van der Waals surface area contributed by atoms with Crippen molar-refractivity contribution in [2.24, 2.45) is 0 Å². The summed E-state index contributed by atoms with van der Waals surface area (Å²) in [4.78, 5) is 22.5. The summed E-state index contributed by atoms with van der Waals surface area (Å²) in [6, 6.07) is 11.4. The third-order valence-corrected chi connectivity index (χ3v) is 4.76. The predicted molar refractivity (Wildman–Crippen MR) is 125 cm³/mol. The van der Waals surface area contributed by atoms with Gasteiger partial charge in [0.2, 0.25) is 0 Å². The lowest BCUT2D eigenvalue weighted by Crippen LogP contribution is -2.30. The highest BCUT2D eigenvalue weighted by atomic mass is 127. The van der Waals surface area contributed by atoms with Gasteiger partial charge in [-0.05, 0) is 84.8 Å². The van der Waals surface area contributed by atoms with E-state index in [0.717, 1.165) is 9.13 Å². The lowest BCUT2D eigenvalue weighted by Gasteiger charge is -2.15. The Bertz CT molecular complexity index is 1030. The van der Waals surface area contributed by atoms with Crippen LogP contribution in [0, 0.1) is 25.0 Å². The fourth-order valence-electron chi connectivity index (χ4n) is 2.60. The average molecular weight is 535 g/mol. The summed E-state index contributed by atoms with van der Waals surface area (Å²) in [6.07, 6.45) is 1.50. The molecule has 2 rings (SSSR count). The zero-order valence-corrected chi connectivity index (χ0v) is 19.5. The number of carbonyl (C=O) groups is 1. The number of nitro groups is 1. The van der Waals surface area contributed by atoms with Gasteiger partial charge in [-0.3, -0.25) is 14.9 Å². The summed E-state index contributed by atoms with van der Waals surface area (Å²) in [5, 5.41) is 22.8. The number of amides is 1. The van der Waals surface area contributed by atoms with Crippen LogP contribution in [0.5, 0.6) is 11.5 Å². The van der Waals surface area contributed by atoms with Crippen LogP contribution in [-0.2, 0) is 11.4 Å². The second-order valence-electron chi connectivity index (χ2n) is 6.77. The Hall–Kier alpha value is -3.13. The lowest BCUT2D eigenvalue weighted by molar-refractivity contribution is -0.384. The number of hydrogen-bond donors (Lipinski definition) is 1. The quantitative estimate of drug-likeness (QED) is 0.165. The Morgan fingerprint density at radius 2 is 1.97 bits per heavy atom. The summed E-state index contributed by atoms with van der Waals surface area (Å²) in [6.45, 7) is 6.08. The van der Waals surface area contributed by atoms with Gasteiger partial charge in [-0.2, -0.15) is 5.26 Å². The number of carbonyl (C=O) groups excluding carboxylic acids is 1. The van der Waals surface area contributed by atoms with Crippen LogP contribution in [-0.4, -0.2) is 23.5 Å². The van der Waals surface area contributed by atoms with Crippen LogP contribution in [0.1, 0.15) is 31.9 Å². The molecule has 0 atom stereocenters. The number of halogens is 1. The minimum Gasteiger partial charge on any atom is -0.490 e. The first kappa shape index (κ1) is 24.1. The highest BCUT2D eigenvalue weighted by molar-refractivity contribution is 14.1. The fraction of sp³-hybridized carbons (Fsp3) is 0.273. The number of ether oxygens (including phenoxy) is 2. The maximum Gasteiger partial charge on any atom is 0.269 e. The Morgan fingerprint density at radius 3 is 2.52 bits per heavy atom. The molecule has 0 saturated carbocycles. The van der Waals surface area contributed by atoms with Gasteiger partial charge >= 0.3 is 0 Å². The first-order chi connectivity index (χ1) is 14.7. The maximum absolute atomic E-state index is 12.2. The molecular formula is C22H22IN3O5. The Labute approximate surface area is 194 Å². The van der Waals surface area contributed by atoms with Crippen molar-refractivity contribution in [3.05, 3.63) is 66.8 Å². The third kappa shape index (κ3) is 6.96. The molecule has 0 aliphatic carbocycles. The van der Waals surface area contributed by atoms with Gasteiger partial charge in [0.25, 0.3) is 11.6 Å².